The van der Waals surface area contributed by atoms with E-state index >= 15 is 0 Å². The first-order valence-electron chi connectivity index (χ1n) is 12.3. The van der Waals surface area contributed by atoms with Gasteiger partial charge in [0.25, 0.3) is 0 Å². The van der Waals surface area contributed by atoms with Crippen molar-refractivity contribution in [2.75, 3.05) is 26.2 Å². The number of benzene rings is 3. The van der Waals surface area contributed by atoms with Crippen LogP contribution in [0.5, 0.6) is 11.5 Å². The van der Waals surface area contributed by atoms with Crippen LogP contribution >= 0.6 is 15.9 Å². The number of nitrogens with zero attached hydrogens (tertiary/aromatic N) is 1. The third-order valence-electron chi connectivity index (χ3n) is 6.76. The lowest BCUT2D eigenvalue weighted by Gasteiger charge is -2.16. The molecule has 0 saturated carbocycles. The van der Waals surface area contributed by atoms with Gasteiger partial charge in [-0.3, -0.25) is 4.90 Å². The summed E-state index contributed by atoms with van der Waals surface area (Å²) in [5.41, 5.74) is 0.630. The number of alkyl halides is 3. The van der Waals surface area contributed by atoms with Crippen molar-refractivity contribution in [1.82, 2.24) is 4.90 Å². The quantitative estimate of drug-likeness (QED) is 0.236. The van der Waals surface area contributed by atoms with Gasteiger partial charge in [-0.05, 0) is 95.3 Å². The minimum Gasteiger partial charge on any atom is -0.507 e. The van der Waals surface area contributed by atoms with Crippen LogP contribution in [0.2, 0.25) is 0 Å². The number of halogens is 4. The summed E-state index contributed by atoms with van der Waals surface area (Å²) in [6.45, 7) is 3.69. The van der Waals surface area contributed by atoms with Crippen molar-refractivity contribution in [3.05, 3.63) is 92.2 Å². The highest BCUT2D eigenvalue weighted by molar-refractivity contribution is 9.10. The number of rotatable bonds is 7. The standard InChI is InChI=1S/C29H25BrF3NO4/c30-24-16-22-23(15-18-3-9-21(10-4-18)37-14-13-34-11-1-2-12-34)27(28(36)38-26(22)17-25(24)35)19-5-7-20(8-6-19)29(31,32)33/h3-10,16-17,35H,1-2,11-15H2. The second-order valence-electron chi connectivity index (χ2n) is 9.34. The molecule has 1 aromatic heterocycles. The van der Waals surface area contributed by atoms with Crippen LogP contribution in [0.3, 0.4) is 0 Å². The summed E-state index contributed by atoms with van der Waals surface area (Å²) in [5, 5.41) is 10.7. The molecule has 0 spiro atoms. The molecule has 2 heterocycles. The highest BCUT2D eigenvalue weighted by atomic mass is 79.9. The first-order chi connectivity index (χ1) is 18.2. The summed E-state index contributed by atoms with van der Waals surface area (Å²) in [6, 6.07) is 15.0. The minimum absolute atomic E-state index is 0.0932. The van der Waals surface area contributed by atoms with Crippen molar-refractivity contribution in [3.63, 3.8) is 0 Å². The Morgan fingerprint density at radius 2 is 1.68 bits per heavy atom. The second kappa shape index (κ2) is 10.8. The van der Waals surface area contributed by atoms with Gasteiger partial charge >= 0.3 is 11.8 Å². The number of phenolic OH excluding ortho intramolecular Hbond substituents is 1. The number of fused-ring (bicyclic) bond motifs is 1. The van der Waals surface area contributed by atoms with Gasteiger partial charge in [-0.15, -0.1) is 0 Å². The van der Waals surface area contributed by atoms with E-state index in [9.17, 15) is 23.1 Å². The molecule has 4 aromatic rings. The maximum Gasteiger partial charge on any atom is 0.416 e. The summed E-state index contributed by atoms with van der Waals surface area (Å²) in [5.74, 6) is 0.644. The van der Waals surface area contributed by atoms with Gasteiger partial charge in [0.15, 0.2) is 0 Å². The largest absolute Gasteiger partial charge is 0.507 e. The molecule has 0 aliphatic carbocycles. The van der Waals surface area contributed by atoms with Gasteiger partial charge in [0.1, 0.15) is 23.7 Å². The van der Waals surface area contributed by atoms with E-state index in [1.54, 1.807) is 6.07 Å². The van der Waals surface area contributed by atoms with E-state index < -0.39 is 17.4 Å². The van der Waals surface area contributed by atoms with E-state index in [0.29, 0.717) is 34.0 Å². The molecule has 1 fully saturated rings. The molecule has 1 aliphatic rings. The monoisotopic (exact) mass is 587 g/mol. The van der Waals surface area contributed by atoms with Crippen molar-refractivity contribution in [1.29, 1.82) is 0 Å². The summed E-state index contributed by atoms with van der Waals surface area (Å²) in [4.78, 5) is 15.5. The molecule has 5 rings (SSSR count). The maximum absolute atomic E-state index is 13.1. The number of phenols is 1. The molecule has 1 aliphatic heterocycles. The van der Waals surface area contributed by atoms with Gasteiger partial charge < -0.3 is 14.3 Å². The zero-order valence-corrected chi connectivity index (χ0v) is 21.9. The average molecular weight is 588 g/mol. The van der Waals surface area contributed by atoms with E-state index in [1.165, 1.54) is 31.0 Å². The van der Waals surface area contributed by atoms with E-state index in [0.717, 1.165) is 43.1 Å². The number of likely N-dealkylation sites (tertiary alicyclic amines) is 1. The topological polar surface area (TPSA) is 62.9 Å². The van der Waals surface area contributed by atoms with Gasteiger partial charge in [0.2, 0.25) is 0 Å². The first-order valence-corrected chi connectivity index (χ1v) is 13.1. The van der Waals surface area contributed by atoms with Crippen LogP contribution in [0, 0.1) is 0 Å². The lowest BCUT2D eigenvalue weighted by Crippen LogP contribution is -2.25. The van der Waals surface area contributed by atoms with Gasteiger partial charge in [-0.25, -0.2) is 4.79 Å². The number of hydrogen-bond acceptors (Lipinski definition) is 5. The number of aromatic hydroxyl groups is 1. The summed E-state index contributed by atoms with van der Waals surface area (Å²) in [6.07, 6.45) is -1.72. The molecule has 198 valence electrons. The number of ether oxygens (including phenoxy) is 1. The Bertz CT molecular complexity index is 1490. The molecule has 38 heavy (non-hydrogen) atoms. The molecule has 3 aromatic carbocycles. The average Bonchev–Trinajstić information content (AvgIpc) is 3.40. The maximum atomic E-state index is 13.1. The van der Waals surface area contributed by atoms with Crippen molar-refractivity contribution in [2.45, 2.75) is 25.4 Å². The lowest BCUT2D eigenvalue weighted by molar-refractivity contribution is -0.137. The van der Waals surface area contributed by atoms with Crippen molar-refractivity contribution in [3.8, 4) is 22.6 Å². The smallest absolute Gasteiger partial charge is 0.416 e. The van der Waals surface area contributed by atoms with Crippen molar-refractivity contribution in [2.24, 2.45) is 0 Å². The molecule has 0 amide bonds. The third-order valence-corrected chi connectivity index (χ3v) is 7.40. The number of hydrogen-bond donors (Lipinski definition) is 1. The van der Waals surface area contributed by atoms with E-state index in [-0.39, 0.29) is 16.9 Å². The Morgan fingerprint density at radius 3 is 2.34 bits per heavy atom. The molecule has 0 unspecified atom stereocenters. The normalized spacial score (nSPS) is 14.3. The van der Waals surface area contributed by atoms with Crippen LogP contribution in [0.1, 0.15) is 29.5 Å². The molecule has 0 bridgehead atoms. The molecule has 1 N–H and O–H groups in total. The molecular formula is C29H25BrF3NO4. The van der Waals surface area contributed by atoms with Crippen LogP contribution < -0.4 is 10.4 Å². The summed E-state index contributed by atoms with van der Waals surface area (Å²) < 4.78 is 51.2. The molecule has 1 saturated heterocycles. The predicted octanol–water partition coefficient (Wildman–Crippen LogP) is 7.01. The fourth-order valence-electron chi connectivity index (χ4n) is 4.78. The van der Waals surface area contributed by atoms with Crippen LogP contribution in [0.25, 0.3) is 22.1 Å². The van der Waals surface area contributed by atoms with Gasteiger partial charge in [-0.2, -0.15) is 13.2 Å². The highest BCUT2D eigenvalue weighted by Gasteiger charge is 2.30. The molecule has 0 radical (unpaired) electrons. The summed E-state index contributed by atoms with van der Waals surface area (Å²) >= 11 is 3.31. The first kappa shape index (κ1) is 26.3. The molecule has 0 atom stereocenters. The van der Waals surface area contributed by atoms with E-state index in [2.05, 4.69) is 20.8 Å². The lowest BCUT2D eigenvalue weighted by atomic mass is 9.93. The Labute approximate surface area is 225 Å². The Balaban J connectivity index is 1.48. The molecule has 5 nitrogen and oxygen atoms in total. The third kappa shape index (κ3) is 5.73. The molecule has 9 heteroatoms. The van der Waals surface area contributed by atoms with Crippen molar-refractivity contribution < 1.29 is 27.4 Å². The Morgan fingerprint density at radius 1 is 1.00 bits per heavy atom. The van der Waals surface area contributed by atoms with Crippen molar-refractivity contribution >= 4 is 26.9 Å². The van der Waals surface area contributed by atoms with Crippen LogP contribution in [0.4, 0.5) is 13.2 Å². The zero-order valence-electron chi connectivity index (χ0n) is 20.4. The van der Waals surface area contributed by atoms with Crippen LogP contribution in [0.15, 0.2) is 74.3 Å². The molecular weight excluding hydrogens is 563 g/mol. The van der Waals surface area contributed by atoms with E-state index in [4.69, 9.17) is 9.15 Å². The Kier molecular flexibility index (Phi) is 7.49. The highest BCUT2D eigenvalue weighted by Crippen LogP contribution is 2.36. The van der Waals surface area contributed by atoms with E-state index in [1.807, 2.05) is 24.3 Å². The van der Waals surface area contributed by atoms with Gasteiger partial charge in [0, 0.05) is 18.0 Å². The fourth-order valence-corrected chi connectivity index (χ4v) is 5.12. The zero-order chi connectivity index (χ0) is 26.9. The van der Waals surface area contributed by atoms with Gasteiger partial charge in [-0.1, -0.05) is 24.3 Å². The van der Waals surface area contributed by atoms with Gasteiger partial charge in [0.05, 0.1) is 15.6 Å². The van der Waals surface area contributed by atoms with Crippen LogP contribution in [-0.2, 0) is 12.6 Å². The minimum atomic E-state index is -4.49. The second-order valence-corrected chi connectivity index (χ2v) is 10.2. The summed E-state index contributed by atoms with van der Waals surface area (Å²) in [7, 11) is 0. The predicted molar refractivity (Wildman–Crippen MR) is 143 cm³/mol. The Hall–Kier alpha value is -3.30. The SMILES string of the molecule is O=c1oc2cc(O)c(Br)cc2c(Cc2ccc(OCCN3CCCC3)cc2)c1-c1ccc(C(F)(F)F)cc1. The fraction of sp³-hybridized carbons (Fsp3) is 0.276. The van der Waals surface area contributed by atoms with Crippen LogP contribution in [-0.4, -0.2) is 36.2 Å².